The minimum atomic E-state index is -0.524. The van der Waals surface area contributed by atoms with Crippen LogP contribution in [-0.4, -0.2) is 35.0 Å². The predicted molar refractivity (Wildman–Crippen MR) is 70.4 cm³/mol. The van der Waals surface area contributed by atoms with Gasteiger partial charge in [0.2, 0.25) is 0 Å². The van der Waals surface area contributed by atoms with Gasteiger partial charge in [0.15, 0.2) is 5.78 Å². The van der Waals surface area contributed by atoms with Crippen LogP contribution in [0.15, 0.2) is 0 Å². The molecule has 4 nitrogen and oxygen atoms in total. The van der Waals surface area contributed by atoms with E-state index in [1.54, 1.807) is 0 Å². The summed E-state index contributed by atoms with van der Waals surface area (Å²) in [6, 6.07) is -0.0250. The van der Waals surface area contributed by atoms with E-state index in [9.17, 15) is 9.59 Å². The van der Waals surface area contributed by atoms with Gasteiger partial charge in [-0.25, -0.2) is 4.79 Å². The minimum absolute atomic E-state index is 0.0250. The molecular formula is C14H25NO3. The number of ketones is 1. The van der Waals surface area contributed by atoms with Crippen molar-refractivity contribution in [3.63, 3.8) is 0 Å². The summed E-state index contributed by atoms with van der Waals surface area (Å²) in [6.45, 7) is 9.45. The van der Waals surface area contributed by atoms with Crippen LogP contribution in [0.3, 0.4) is 0 Å². The summed E-state index contributed by atoms with van der Waals surface area (Å²) in [5.41, 5.74) is -0.524. The van der Waals surface area contributed by atoms with Gasteiger partial charge in [0.1, 0.15) is 5.60 Å². The molecule has 18 heavy (non-hydrogen) atoms. The number of carbonyl (C=O) groups is 2. The lowest BCUT2D eigenvalue weighted by Crippen LogP contribution is -2.43. The molecular weight excluding hydrogens is 230 g/mol. The second kappa shape index (κ2) is 5.72. The maximum Gasteiger partial charge on any atom is 0.410 e. The average Bonchev–Trinajstić information content (AvgIpc) is 2.94. The Hall–Kier alpha value is -1.06. The highest BCUT2D eigenvalue weighted by molar-refractivity contribution is 5.84. The maximum absolute atomic E-state index is 12.0. The number of Topliss-reactive ketones (excluding diaryl/α,β-unsaturated/α-hetero) is 1. The summed E-state index contributed by atoms with van der Waals surface area (Å²) >= 11 is 0. The Bertz CT molecular complexity index is 313. The Balaban J connectivity index is 2.52. The molecule has 0 bridgehead atoms. The Morgan fingerprint density at radius 2 is 1.83 bits per heavy atom. The summed E-state index contributed by atoms with van der Waals surface area (Å²) < 4.78 is 5.32. The Morgan fingerprint density at radius 1 is 1.28 bits per heavy atom. The lowest BCUT2D eigenvalue weighted by molar-refractivity contribution is -0.121. The van der Waals surface area contributed by atoms with Crippen molar-refractivity contribution in [1.29, 1.82) is 0 Å². The molecule has 1 saturated carbocycles. The Labute approximate surface area is 110 Å². The molecule has 0 atom stereocenters. The zero-order chi connectivity index (χ0) is 13.9. The Kier molecular flexibility index (Phi) is 4.77. The van der Waals surface area contributed by atoms with E-state index < -0.39 is 11.7 Å². The lowest BCUT2D eigenvalue weighted by Gasteiger charge is -2.29. The van der Waals surface area contributed by atoms with Crippen molar-refractivity contribution in [3.05, 3.63) is 0 Å². The molecule has 1 aliphatic rings. The highest BCUT2D eigenvalue weighted by Crippen LogP contribution is 2.32. The molecule has 0 radical (unpaired) electrons. The summed E-state index contributed by atoms with van der Waals surface area (Å²) in [5.74, 6) is 0.696. The normalized spacial score (nSPS) is 15.7. The van der Waals surface area contributed by atoms with Crippen molar-refractivity contribution < 1.29 is 14.3 Å². The van der Waals surface area contributed by atoms with Crippen molar-refractivity contribution in [2.45, 2.75) is 65.5 Å². The van der Waals surface area contributed by atoms with Gasteiger partial charge in [0.25, 0.3) is 0 Å². The van der Waals surface area contributed by atoms with Crippen molar-refractivity contribution in [1.82, 2.24) is 4.90 Å². The van der Waals surface area contributed by atoms with E-state index in [0.717, 1.165) is 12.8 Å². The highest BCUT2D eigenvalue weighted by Gasteiger charge is 2.29. The fraction of sp³-hybridized carbons (Fsp3) is 0.857. The summed E-state index contributed by atoms with van der Waals surface area (Å²) in [5, 5.41) is 0. The first-order chi connectivity index (χ1) is 8.19. The van der Waals surface area contributed by atoms with Crippen LogP contribution in [-0.2, 0) is 9.53 Å². The number of nitrogens with zero attached hydrogens (tertiary/aromatic N) is 1. The molecule has 1 fully saturated rings. The van der Waals surface area contributed by atoms with E-state index in [1.807, 2.05) is 34.6 Å². The monoisotopic (exact) mass is 255 g/mol. The van der Waals surface area contributed by atoms with Crippen LogP contribution in [0, 0.1) is 5.92 Å². The molecule has 104 valence electrons. The predicted octanol–water partition coefficient (Wildman–Crippen LogP) is 3.00. The number of carbonyl (C=O) groups excluding carboxylic acids is 2. The summed E-state index contributed by atoms with van der Waals surface area (Å²) in [6.07, 6.45) is 2.51. The summed E-state index contributed by atoms with van der Waals surface area (Å²) in [4.78, 5) is 25.3. The summed E-state index contributed by atoms with van der Waals surface area (Å²) in [7, 11) is 0. The molecule has 0 unspecified atom stereocenters. The second-order valence-corrected chi connectivity index (χ2v) is 6.39. The van der Waals surface area contributed by atoms with Crippen molar-refractivity contribution >= 4 is 11.9 Å². The third-order valence-corrected chi connectivity index (χ3v) is 2.81. The molecule has 0 aromatic heterocycles. The van der Waals surface area contributed by atoms with Crippen LogP contribution in [0.2, 0.25) is 0 Å². The van der Waals surface area contributed by atoms with Crippen LogP contribution in [0.1, 0.15) is 53.9 Å². The fourth-order valence-corrected chi connectivity index (χ4v) is 1.68. The molecule has 1 amide bonds. The van der Waals surface area contributed by atoms with Crippen LogP contribution in [0.25, 0.3) is 0 Å². The van der Waals surface area contributed by atoms with Gasteiger partial charge in [-0.1, -0.05) is 0 Å². The second-order valence-electron chi connectivity index (χ2n) is 6.39. The first-order valence-corrected chi connectivity index (χ1v) is 6.70. The maximum atomic E-state index is 12.0. The molecule has 0 N–H and O–H groups in total. The van der Waals surface area contributed by atoms with Gasteiger partial charge in [-0.15, -0.1) is 0 Å². The van der Waals surface area contributed by atoms with Gasteiger partial charge >= 0.3 is 6.09 Å². The van der Waals surface area contributed by atoms with E-state index in [0.29, 0.717) is 12.3 Å². The number of ether oxygens (including phenoxy) is 1. The standard InChI is InChI=1S/C14H25NO3/c1-10(2)15(13(17)18-14(3,4)5)9-12(16)8-11-6-7-11/h10-11H,6-9H2,1-5H3. The third-order valence-electron chi connectivity index (χ3n) is 2.81. The van der Waals surface area contributed by atoms with Crippen molar-refractivity contribution in [3.8, 4) is 0 Å². The quantitative estimate of drug-likeness (QED) is 0.758. The molecule has 1 aliphatic carbocycles. The topological polar surface area (TPSA) is 46.6 Å². The SMILES string of the molecule is CC(C)N(CC(=O)CC1CC1)C(=O)OC(C)(C)C. The lowest BCUT2D eigenvalue weighted by atomic mass is 10.2. The van der Waals surface area contributed by atoms with E-state index in [1.165, 1.54) is 4.90 Å². The smallest absolute Gasteiger partial charge is 0.410 e. The molecule has 0 aromatic carbocycles. The van der Waals surface area contributed by atoms with Gasteiger partial charge in [0.05, 0.1) is 6.54 Å². The molecule has 1 rings (SSSR count). The first kappa shape index (κ1) is 15.0. The third kappa shape index (κ3) is 5.52. The number of hydrogen-bond acceptors (Lipinski definition) is 3. The van der Waals surface area contributed by atoms with Crippen LogP contribution in [0.5, 0.6) is 0 Å². The largest absolute Gasteiger partial charge is 0.444 e. The van der Waals surface area contributed by atoms with Gasteiger partial charge in [-0.3, -0.25) is 9.69 Å². The number of rotatable bonds is 5. The molecule has 0 spiro atoms. The number of hydrogen-bond donors (Lipinski definition) is 0. The fourth-order valence-electron chi connectivity index (χ4n) is 1.68. The molecule has 0 aliphatic heterocycles. The van der Waals surface area contributed by atoms with E-state index >= 15 is 0 Å². The van der Waals surface area contributed by atoms with Crippen LogP contribution >= 0.6 is 0 Å². The van der Waals surface area contributed by atoms with Crippen molar-refractivity contribution in [2.75, 3.05) is 6.54 Å². The van der Waals surface area contributed by atoms with Crippen LogP contribution in [0.4, 0.5) is 4.79 Å². The zero-order valence-electron chi connectivity index (χ0n) is 12.2. The number of amides is 1. The Morgan fingerprint density at radius 3 is 2.22 bits per heavy atom. The average molecular weight is 255 g/mol. The molecule has 4 heteroatoms. The van der Waals surface area contributed by atoms with E-state index in [4.69, 9.17) is 4.74 Å². The van der Waals surface area contributed by atoms with Gasteiger partial charge < -0.3 is 4.74 Å². The van der Waals surface area contributed by atoms with Crippen LogP contribution < -0.4 is 0 Å². The van der Waals surface area contributed by atoms with E-state index in [2.05, 4.69) is 0 Å². The van der Waals surface area contributed by atoms with Gasteiger partial charge in [0, 0.05) is 12.5 Å². The molecule has 0 aromatic rings. The van der Waals surface area contributed by atoms with Gasteiger partial charge in [-0.05, 0) is 53.4 Å². The highest BCUT2D eigenvalue weighted by atomic mass is 16.6. The van der Waals surface area contributed by atoms with Gasteiger partial charge in [-0.2, -0.15) is 0 Å². The molecule has 0 heterocycles. The molecule has 0 saturated heterocycles. The first-order valence-electron chi connectivity index (χ1n) is 6.70. The van der Waals surface area contributed by atoms with Crippen molar-refractivity contribution in [2.24, 2.45) is 5.92 Å². The minimum Gasteiger partial charge on any atom is -0.444 e. The van der Waals surface area contributed by atoms with E-state index in [-0.39, 0.29) is 18.4 Å². The zero-order valence-corrected chi connectivity index (χ0v) is 12.2.